The highest BCUT2D eigenvalue weighted by molar-refractivity contribution is 6.31. The van der Waals surface area contributed by atoms with Gasteiger partial charge in [-0.05, 0) is 12.1 Å². The average Bonchev–Trinajstić information content (AvgIpc) is 2.03. The van der Waals surface area contributed by atoms with Crippen LogP contribution in [0, 0.1) is 5.82 Å². The zero-order chi connectivity index (χ0) is 10.1. The molecule has 0 bridgehead atoms. The van der Waals surface area contributed by atoms with Crippen molar-refractivity contribution in [3.63, 3.8) is 0 Å². The minimum atomic E-state index is -3.64. The number of aliphatic hydroxyl groups excluding tert-OH is 1. The Hall–Kier alpha value is -0.740. The normalized spacial score (nSPS) is 11.8. The predicted octanol–water partition coefficient (Wildman–Crippen LogP) is 2.56. The first kappa shape index (κ1) is 10.3. The van der Waals surface area contributed by atoms with Crippen molar-refractivity contribution in [2.45, 2.75) is 5.92 Å². The van der Waals surface area contributed by atoms with Crippen LogP contribution in [-0.2, 0) is 5.92 Å². The van der Waals surface area contributed by atoms with Gasteiger partial charge in [-0.3, -0.25) is 0 Å². The van der Waals surface area contributed by atoms with E-state index in [0.29, 0.717) is 0 Å². The van der Waals surface area contributed by atoms with Gasteiger partial charge < -0.3 is 5.11 Å². The molecule has 0 saturated carbocycles. The van der Waals surface area contributed by atoms with E-state index < -0.39 is 23.9 Å². The van der Waals surface area contributed by atoms with E-state index in [9.17, 15) is 13.2 Å². The summed E-state index contributed by atoms with van der Waals surface area (Å²) in [6.07, 6.45) is 0. The summed E-state index contributed by atoms with van der Waals surface area (Å²) < 4.78 is 38.5. The van der Waals surface area contributed by atoms with Gasteiger partial charge in [0.1, 0.15) is 12.4 Å². The van der Waals surface area contributed by atoms with Gasteiger partial charge in [0.2, 0.25) is 0 Å². The van der Waals surface area contributed by atoms with Gasteiger partial charge >= 0.3 is 0 Å². The summed E-state index contributed by atoms with van der Waals surface area (Å²) in [5, 5.41) is 7.93. The molecule has 72 valence electrons. The van der Waals surface area contributed by atoms with E-state index in [2.05, 4.69) is 0 Å². The second-order valence-corrected chi connectivity index (χ2v) is 2.87. The van der Waals surface area contributed by atoms with Crippen molar-refractivity contribution in [1.29, 1.82) is 0 Å². The lowest BCUT2D eigenvalue weighted by atomic mass is 10.1. The molecule has 1 nitrogen and oxygen atoms in total. The smallest absolute Gasteiger partial charge is 0.300 e. The Morgan fingerprint density at radius 3 is 2.46 bits per heavy atom. The number of hydrogen-bond donors (Lipinski definition) is 1. The molecule has 0 aromatic heterocycles. The second kappa shape index (κ2) is 3.55. The van der Waals surface area contributed by atoms with Crippen LogP contribution in [0.4, 0.5) is 13.2 Å². The highest BCUT2D eigenvalue weighted by atomic mass is 35.5. The maximum atomic E-state index is 12.9. The minimum absolute atomic E-state index is 0.390. The first-order chi connectivity index (χ1) is 5.99. The van der Waals surface area contributed by atoms with Crippen molar-refractivity contribution in [1.82, 2.24) is 0 Å². The second-order valence-electron chi connectivity index (χ2n) is 2.46. The fourth-order valence-corrected chi connectivity index (χ4v) is 1.23. The van der Waals surface area contributed by atoms with Crippen LogP contribution < -0.4 is 0 Å². The summed E-state index contributed by atoms with van der Waals surface area (Å²) in [6.45, 7) is -1.46. The summed E-state index contributed by atoms with van der Waals surface area (Å²) in [5.74, 6) is -4.76. The molecule has 13 heavy (non-hydrogen) atoms. The fraction of sp³-hybridized carbons (Fsp3) is 0.250. The number of alkyl halides is 2. The fourth-order valence-electron chi connectivity index (χ4n) is 0.926. The molecule has 1 aromatic carbocycles. The molecule has 0 spiro atoms. The van der Waals surface area contributed by atoms with E-state index in [1.54, 1.807) is 0 Å². The molecule has 0 heterocycles. The molecule has 0 aliphatic heterocycles. The lowest BCUT2D eigenvalue weighted by molar-refractivity contribution is -0.0581. The summed E-state index contributed by atoms with van der Waals surface area (Å²) in [7, 11) is 0. The van der Waals surface area contributed by atoms with Crippen molar-refractivity contribution < 1.29 is 18.3 Å². The van der Waals surface area contributed by atoms with Crippen LogP contribution >= 0.6 is 11.6 Å². The lowest BCUT2D eigenvalue weighted by Crippen LogP contribution is -2.20. The van der Waals surface area contributed by atoms with Crippen LogP contribution in [0.1, 0.15) is 5.56 Å². The first-order valence-corrected chi connectivity index (χ1v) is 3.80. The summed E-state index contributed by atoms with van der Waals surface area (Å²) in [6, 6.07) is 3.23. The Balaban J connectivity index is 3.28. The molecule has 0 aliphatic carbocycles. The molecule has 0 unspecified atom stereocenters. The zero-order valence-electron chi connectivity index (χ0n) is 6.40. The quantitative estimate of drug-likeness (QED) is 0.796. The third-order valence-corrected chi connectivity index (χ3v) is 1.84. The summed E-state index contributed by atoms with van der Waals surface area (Å²) in [4.78, 5) is 0. The number of benzene rings is 1. The van der Waals surface area contributed by atoms with Crippen LogP contribution in [0.25, 0.3) is 0 Å². The minimum Gasteiger partial charge on any atom is -0.390 e. The van der Waals surface area contributed by atoms with E-state index in [-0.39, 0.29) is 5.02 Å². The number of rotatable bonds is 2. The Bertz CT molecular complexity index is 294. The van der Waals surface area contributed by atoms with Gasteiger partial charge in [-0.1, -0.05) is 17.7 Å². The van der Waals surface area contributed by atoms with Crippen molar-refractivity contribution in [2.75, 3.05) is 6.61 Å². The largest absolute Gasteiger partial charge is 0.390 e. The highest BCUT2D eigenvalue weighted by Crippen LogP contribution is 2.34. The maximum Gasteiger partial charge on any atom is 0.300 e. The van der Waals surface area contributed by atoms with Gasteiger partial charge in [0, 0.05) is 0 Å². The van der Waals surface area contributed by atoms with Gasteiger partial charge in [-0.25, -0.2) is 4.39 Å². The Morgan fingerprint density at radius 1 is 1.38 bits per heavy atom. The van der Waals surface area contributed by atoms with Crippen LogP contribution in [0.2, 0.25) is 5.02 Å². The van der Waals surface area contributed by atoms with Crippen LogP contribution in [0.5, 0.6) is 0 Å². The lowest BCUT2D eigenvalue weighted by Gasteiger charge is -2.15. The molecule has 1 aromatic rings. The molecule has 0 aliphatic rings. The Labute approximate surface area is 77.8 Å². The average molecular weight is 211 g/mol. The van der Waals surface area contributed by atoms with Gasteiger partial charge in [0.25, 0.3) is 5.92 Å². The van der Waals surface area contributed by atoms with E-state index in [4.69, 9.17) is 16.7 Å². The first-order valence-electron chi connectivity index (χ1n) is 3.42. The zero-order valence-corrected chi connectivity index (χ0v) is 7.15. The topological polar surface area (TPSA) is 20.2 Å². The van der Waals surface area contributed by atoms with Gasteiger partial charge in [-0.2, -0.15) is 8.78 Å². The number of hydrogen-bond acceptors (Lipinski definition) is 1. The molecule has 0 atom stereocenters. The van der Waals surface area contributed by atoms with Gasteiger partial charge in [0.15, 0.2) is 0 Å². The number of halogens is 4. The van der Waals surface area contributed by atoms with Gasteiger partial charge in [-0.15, -0.1) is 0 Å². The van der Waals surface area contributed by atoms with Gasteiger partial charge in [0.05, 0.1) is 10.6 Å². The molecule has 0 radical (unpaired) electrons. The molecule has 0 fully saturated rings. The summed E-state index contributed by atoms with van der Waals surface area (Å²) >= 11 is 5.36. The third-order valence-electron chi connectivity index (χ3n) is 1.53. The molecule has 1 N–H and O–H groups in total. The molecular weight excluding hydrogens is 205 g/mol. The third kappa shape index (κ3) is 1.95. The standard InChI is InChI=1S/C8H6ClF3O/c9-5-2-1-3-6(10)7(5)8(11,12)4-13/h1-3,13H,4H2. The number of aliphatic hydroxyl groups is 1. The molecule has 5 heteroatoms. The Morgan fingerprint density at radius 2 is 2.00 bits per heavy atom. The van der Waals surface area contributed by atoms with Crippen LogP contribution in [0.3, 0.4) is 0 Å². The van der Waals surface area contributed by atoms with Crippen molar-refractivity contribution in [3.8, 4) is 0 Å². The van der Waals surface area contributed by atoms with Crippen LogP contribution in [-0.4, -0.2) is 11.7 Å². The van der Waals surface area contributed by atoms with E-state index in [0.717, 1.165) is 12.1 Å². The van der Waals surface area contributed by atoms with E-state index in [1.807, 2.05) is 0 Å². The Kier molecular flexibility index (Phi) is 2.83. The van der Waals surface area contributed by atoms with Crippen molar-refractivity contribution in [2.24, 2.45) is 0 Å². The van der Waals surface area contributed by atoms with E-state index in [1.165, 1.54) is 6.07 Å². The molecule has 1 rings (SSSR count). The monoisotopic (exact) mass is 210 g/mol. The highest BCUT2D eigenvalue weighted by Gasteiger charge is 2.35. The summed E-state index contributed by atoms with van der Waals surface area (Å²) in [5.41, 5.74) is -0.959. The maximum absolute atomic E-state index is 12.9. The molecule has 0 saturated heterocycles. The SMILES string of the molecule is OCC(F)(F)c1c(F)cccc1Cl. The van der Waals surface area contributed by atoms with Crippen LogP contribution in [0.15, 0.2) is 18.2 Å². The van der Waals surface area contributed by atoms with Crippen molar-refractivity contribution in [3.05, 3.63) is 34.6 Å². The van der Waals surface area contributed by atoms with Crippen molar-refractivity contribution >= 4 is 11.6 Å². The molecular formula is C8H6ClF3O. The van der Waals surface area contributed by atoms with E-state index >= 15 is 0 Å². The molecule has 0 amide bonds. The predicted molar refractivity (Wildman–Crippen MR) is 42.4 cm³/mol.